The van der Waals surface area contributed by atoms with E-state index in [1.54, 1.807) is 0 Å². The summed E-state index contributed by atoms with van der Waals surface area (Å²) in [4.78, 5) is 26.3. The molecule has 0 aromatic heterocycles. The first-order valence-electron chi connectivity index (χ1n) is 7.37. The first-order chi connectivity index (χ1) is 11.0. The number of carbonyl (C=O) groups is 2. The normalized spacial score (nSPS) is 12.7. The Morgan fingerprint density at radius 3 is 2.61 bits per heavy atom. The van der Waals surface area contributed by atoms with Crippen molar-refractivity contribution in [3.05, 3.63) is 35.9 Å². The number of carbonyl (C=O) groups excluding carboxylic acids is 1. The van der Waals surface area contributed by atoms with Gasteiger partial charge in [-0.2, -0.15) is 0 Å². The number of hydrogen-bond donors (Lipinski definition) is 2. The van der Waals surface area contributed by atoms with Crippen LogP contribution in [0.3, 0.4) is 0 Å². The summed E-state index contributed by atoms with van der Waals surface area (Å²) in [7, 11) is 0. The van der Waals surface area contributed by atoms with Crippen LogP contribution in [0.25, 0.3) is 0 Å². The number of carboxylic acid groups (broad SMARTS) is 1. The minimum atomic E-state index is -1.04. The number of carboxylic acids is 1. The molecule has 0 saturated heterocycles. The van der Waals surface area contributed by atoms with Gasteiger partial charge in [0.15, 0.2) is 0 Å². The van der Waals surface area contributed by atoms with Crippen molar-refractivity contribution in [1.82, 2.24) is 5.32 Å². The molecule has 0 fully saturated rings. The van der Waals surface area contributed by atoms with Crippen molar-refractivity contribution < 1.29 is 14.7 Å². The molecule has 1 radical (unpaired) electrons. The minimum absolute atomic E-state index is 0.255. The van der Waals surface area contributed by atoms with E-state index in [0.29, 0.717) is 6.54 Å². The van der Waals surface area contributed by atoms with Crippen LogP contribution in [0.15, 0.2) is 35.3 Å². The molecule has 0 aliphatic rings. The van der Waals surface area contributed by atoms with Gasteiger partial charge < -0.3 is 0 Å². The van der Waals surface area contributed by atoms with Crippen molar-refractivity contribution in [2.45, 2.75) is 32.2 Å². The molecule has 0 aliphatic heterocycles. The number of rotatable bonds is 9. The van der Waals surface area contributed by atoms with E-state index in [2.05, 4.69) is 38.5 Å². The molecule has 0 heterocycles. The average Bonchev–Trinajstić information content (AvgIpc) is 2.51. The SMILES string of the molecule is CC(=O)NC(CSC([Se])=NCCCCc1ccccc1)C(=O)O. The fourth-order valence-corrected chi connectivity index (χ4v) is 3.21. The molecule has 0 aliphatic carbocycles. The molecule has 7 heteroatoms. The van der Waals surface area contributed by atoms with Gasteiger partial charge in [-0.25, -0.2) is 0 Å². The fourth-order valence-electron chi connectivity index (χ4n) is 1.88. The van der Waals surface area contributed by atoms with Gasteiger partial charge in [0, 0.05) is 0 Å². The third-order valence-corrected chi connectivity index (χ3v) is 4.90. The number of nitrogens with one attached hydrogen (secondary N) is 1. The number of nitrogens with zero attached hydrogens (tertiary/aromatic N) is 1. The van der Waals surface area contributed by atoms with Gasteiger partial charge in [-0.1, -0.05) is 0 Å². The monoisotopic (exact) mass is 401 g/mol. The first kappa shape index (κ1) is 19.7. The quantitative estimate of drug-likeness (QED) is 0.287. The van der Waals surface area contributed by atoms with Crippen molar-refractivity contribution in [1.29, 1.82) is 0 Å². The number of aryl methyl sites for hydroxylation is 1. The van der Waals surface area contributed by atoms with E-state index in [1.807, 2.05) is 18.2 Å². The molecule has 1 aromatic rings. The number of thioether (sulfide) groups is 1. The predicted molar refractivity (Wildman–Crippen MR) is 95.1 cm³/mol. The van der Waals surface area contributed by atoms with Crippen LogP contribution in [0.1, 0.15) is 25.3 Å². The number of amides is 1. The van der Waals surface area contributed by atoms with Gasteiger partial charge in [0.25, 0.3) is 0 Å². The Balaban J connectivity index is 2.23. The Labute approximate surface area is 149 Å². The van der Waals surface area contributed by atoms with E-state index in [1.165, 1.54) is 24.2 Å². The summed E-state index contributed by atoms with van der Waals surface area (Å²) in [6.07, 6.45) is 3.08. The molecular formula is C16H21N2O3SSe. The number of unbranched alkanes of at least 4 members (excludes halogenated alkanes) is 1. The molecule has 1 rings (SSSR count). The molecule has 1 atom stereocenters. The standard InChI is InChI=1S/C16H21N2O3SSe/c1-12(19)18-14(15(20)21)11-22-16(23)17-10-6-5-9-13-7-3-2-4-8-13/h2-4,7-8,14H,5-6,9-11H2,1H3,(H,18,19)(H,20,21). The Bertz CT molecular complexity index is 537. The second kappa shape index (κ2) is 11.3. The maximum absolute atomic E-state index is 11.0. The van der Waals surface area contributed by atoms with Crippen LogP contribution in [0.4, 0.5) is 0 Å². The van der Waals surface area contributed by atoms with E-state index in [-0.39, 0.29) is 11.7 Å². The first-order valence-corrected chi connectivity index (χ1v) is 9.21. The number of aliphatic carboxylic acids is 1. The van der Waals surface area contributed by atoms with E-state index in [9.17, 15) is 9.59 Å². The topological polar surface area (TPSA) is 78.8 Å². The Kier molecular flexibility index (Phi) is 9.67. The van der Waals surface area contributed by atoms with Crippen molar-refractivity contribution in [3.8, 4) is 0 Å². The predicted octanol–water partition coefficient (Wildman–Crippen LogP) is 1.86. The van der Waals surface area contributed by atoms with Crippen LogP contribution in [0, 0.1) is 0 Å². The van der Waals surface area contributed by atoms with Crippen LogP contribution in [0.5, 0.6) is 0 Å². The van der Waals surface area contributed by atoms with E-state index in [0.717, 1.165) is 23.2 Å². The van der Waals surface area contributed by atoms with E-state index in [4.69, 9.17) is 5.11 Å². The summed E-state index contributed by atoms with van der Waals surface area (Å²) in [6.45, 7) is 2.01. The third-order valence-electron chi connectivity index (χ3n) is 3.01. The molecule has 5 nitrogen and oxygen atoms in total. The number of hydrogen-bond acceptors (Lipinski definition) is 4. The number of aliphatic imine (C=N–C) groups is 1. The van der Waals surface area contributed by atoms with Crippen LogP contribution in [0.2, 0.25) is 0 Å². The second-order valence-electron chi connectivity index (χ2n) is 4.99. The zero-order valence-corrected chi connectivity index (χ0v) is 15.6. The van der Waals surface area contributed by atoms with E-state index < -0.39 is 12.0 Å². The van der Waals surface area contributed by atoms with Crippen molar-refractivity contribution in [2.75, 3.05) is 12.3 Å². The zero-order chi connectivity index (χ0) is 17.1. The zero-order valence-electron chi connectivity index (χ0n) is 13.0. The van der Waals surface area contributed by atoms with Gasteiger partial charge in [-0.05, 0) is 0 Å². The summed E-state index contributed by atoms with van der Waals surface area (Å²) in [5, 5.41) is 11.4. The maximum atomic E-state index is 11.0. The van der Waals surface area contributed by atoms with Crippen molar-refractivity contribution in [2.24, 2.45) is 4.99 Å². The number of benzene rings is 1. The Morgan fingerprint density at radius 2 is 2.00 bits per heavy atom. The van der Waals surface area contributed by atoms with Gasteiger partial charge in [-0.15, -0.1) is 0 Å². The Hall–Kier alpha value is -1.30. The second-order valence-corrected chi connectivity index (χ2v) is 7.40. The van der Waals surface area contributed by atoms with Crippen LogP contribution < -0.4 is 5.32 Å². The summed E-state index contributed by atoms with van der Waals surface area (Å²) < 4.78 is 0.723. The van der Waals surface area contributed by atoms with Gasteiger partial charge in [-0.3, -0.25) is 0 Å². The molecule has 2 N–H and O–H groups in total. The van der Waals surface area contributed by atoms with E-state index >= 15 is 0 Å². The molecule has 23 heavy (non-hydrogen) atoms. The van der Waals surface area contributed by atoms with Crippen LogP contribution in [-0.2, 0) is 16.0 Å². The van der Waals surface area contributed by atoms with Gasteiger partial charge in [0.05, 0.1) is 0 Å². The summed E-state index contributed by atoms with van der Waals surface area (Å²) in [5.74, 6) is -1.13. The molecule has 0 spiro atoms. The molecule has 1 aromatic carbocycles. The molecule has 0 saturated carbocycles. The summed E-state index contributed by atoms with van der Waals surface area (Å²) in [6, 6.07) is 9.43. The van der Waals surface area contributed by atoms with Gasteiger partial charge in [0.2, 0.25) is 0 Å². The molecule has 1 unspecified atom stereocenters. The van der Waals surface area contributed by atoms with Crippen LogP contribution in [-0.4, -0.2) is 55.3 Å². The summed E-state index contributed by atoms with van der Waals surface area (Å²) in [5.41, 5.74) is 1.33. The molecule has 1 amide bonds. The molecule has 0 bridgehead atoms. The molecule has 125 valence electrons. The van der Waals surface area contributed by atoms with Crippen LogP contribution >= 0.6 is 11.8 Å². The van der Waals surface area contributed by atoms with Gasteiger partial charge >= 0.3 is 149 Å². The van der Waals surface area contributed by atoms with Crippen molar-refractivity contribution in [3.63, 3.8) is 0 Å². The fraction of sp³-hybridized carbons (Fsp3) is 0.438. The summed E-state index contributed by atoms with van der Waals surface area (Å²) >= 11 is 4.15. The average molecular weight is 400 g/mol. The Morgan fingerprint density at radius 1 is 1.30 bits per heavy atom. The molecular weight excluding hydrogens is 379 g/mol. The van der Waals surface area contributed by atoms with Gasteiger partial charge in [0.1, 0.15) is 0 Å². The third kappa shape index (κ3) is 9.43. The van der Waals surface area contributed by atoms with Crippen molar-refractivity contribution >= 4 is 43.6 Å².